The van der Waals surface area contributed by atoms with Gasteiger partial charge in [-0.3, -0.25) is 14.4 Å². The third-order valence-corrected chi connectivity index (χ3v) is 5.43. The molecule has 2 rings (SSSR count). The summed E-state index contributed by atoms with van der Waals surface area (Å²) in [5.41, 5.74) is 1.74. The molecule has 0 amide bonds. The summed E-state index contributed by atoms with van der Waals surface area (Å²) < 4.78 is 4.60. The van der Waals surface area contributed by atoms with Gasteiger partial charge >= 0.3 is 11.9 Å². The predicted molar refractivity (Wildman–Crippen MR) is 120 cm³/mol. The Bertz CT molecular complexity index is 945. The van der Waals surface area contributed by atoms with Crippen LogP contribution < -0.4 is 5.32 Å². The number of hydrogen-bond acceptors (Lipinski definition) is 6. The molecule has 0 heterocycles. The van der Waals surface area contributed by atoms with Crippen LogP contribution in [0.1, 0.15) is 50.8 Å². The lowest BCUT2D eigenvalue weighted by Crippen LogP contribution is -2.38. The number of esters is 2. The lowest BCUT2D eigenvalue weighted by molar-refractivity contribution is -0.162. The molecule has 0 bridgehead atoms. The molecule has 2 aromatic rings. The van der Waals surface area contributed by atoms with Crippen LogP contribution in [0.4, 0.5) is 5.69 Å². The highest BCUT2D eigenvalue weighted by atomic mass is 35.5. The summed E-state index contributed by atoms with van der Waals surface area (Å²) in [4.78, 5) is 35.9. The Morgan fingerprint density at radius 2 is 1.68 bits per heavy atom. The van der Waals surface area contributed by atoms with Gasteiger partial charge in [0.05, 0.1) is 6.04 Å². The van der Waals surface area contributed by atoms with Gasteiger partial charge in [-0.15, -0.1) is 0 Å². The summed E-state index contributed by atoms with van der Waals surface area (Å²) in [6.45, 7) is 4.63. The molecule has 0 saturated heterocycles. The number of carbonyl (C=O) groups is 3. The Hall–Kier alpha value is -2.41. The van der Waals surface area contributed by atoms with Gasteiger partial charge in [0, 0.05) is 28.2 Å². The third kappa shape index (κ3) is 6.53. The van der Waals surface area contributed by atoms with Gasteiger partial charge in [0.15, 0.2) is 5.78 Å². The molecule has 0 spiro atoms. The van der Waals surface area contributed by atoms with Gasteiger partial charge in [-0.2, -0.15) is 0 Å². The lowest BCUT2D eigenvalue weighted by Gasteiger charge is -2.21. The maximum Gasteiger partial charge on any atom is 0.324 e. The number of Topliss-reactive ketones (excluding diaryl/α,β-unsaturated/α-hetero) is 1. The van der Waals surface area contributed by atoms with Crippen molar-refractivity contribution in [2.75, 3.05) is 5.32 Å². The van der Waals surface area contributed by atoms with Gasteiger partial charge in [0.25, 0.3) is 0 Å². The Morgan fingerprint density at radius 1 is 1.03 bits per heavy atom. The zero-order valence-electron chi connectivity index (χ0n) is 17.5. The zero-order chi connectivity index (χ0) is 23.1. The number of hydrogen-bond donors (Lipinski definition) is 2. The van der Waals surface area contributed by atoms with Crippen LogP contribution in [0, 0.1) is 5.92 Å². The molecule has 6 nitrogen and oxygen atoms in total. The molecule has 0 aliphatic heterocycles. The summed E-state index contributed by atoms with van der Waals surface area (Å²) in [7, 11) is 0. The van der Waals surface area contributed by atoms with E-state index in [1.54, 1.807) is 49.4 Å². The first-order valence-corrected chi connectivity index (χ1v) is 10.7. The van der Waals surface area contributed by atoms with Crippen LogP contribution >= 0.6 is 23.2 Å². The summed E-state index contributed by atoms with van der Waals surface area (Å²) in [5.74, 6) is -2.94. The molecule has 0 aliphatic carbocycles. The normalized spacial score (nSPS) is 13.7. The summed E-state index contributed by atoms with van der Waals surface area (Å²) in [5, 5.41) is 14.6. The maximum atomic E-state index is 12.8. The number of nitrogens with one attached hydrogen (secondary N) is 1. The minimum atomic E-state index is -1.02. The Balaban J connectivity index is 2.14. The number of aliphatic hydroxyl groups excluding tert-OH is 1. The second-order valence-corrected chi connectivity index (χ2v) is 7.92. The summed E-state index contributed by atoms with van der Waals surface area (Å²) >= 11 is 12.2. The molecule has 0 fully saturated rings. The van der Waals surface area contributed by atoms with Gasteiger partial charge < -0.3 is 15.2 Å². The van der Waals surface area contributed by atoms with Crippen molar-refractivity contribution in [1.29, 1.82) is 0 Å². The number of carbonyl (C=O) groups excluding carboxylic acids is 3. The Labute approximate surface area is 191 Å². The quantitative estimate of drug-likeness (QED) is 0.401. The molecule has 0 aromatic heterocycles. The van der Waals surface area contributed by atoms with E-state index >= 15 is 0 Å². The number of anilines is 1. The van der Waals surface area contributed by atoms with E-state index in [4.69, 9.17) is 23.2 Å². The molecule has 31 heavy (non-hydrogen) atoms. The van der Waals surface area contributed by atoms with Gasteiger partial charge in [0.2, 0.25) is 0 Å². The smallest absolute Gasteiger partial charge is 0.324 e. The van der Waals surface area contributed by atoms with Crippen LogP contribution in [-0.2, 0) is 19.1 Å². The van der Waals surface area contributed by atoms with Crippen molar-refractivity contribution in [3.05, 3.63) is 63.6 Å². The Kier molecular flexibility index (Phi) is 9.04. The minimum Gasteiger partial charge on any atom is -0.393 e. The molecule has 166 valence electrons. The summed E-state index contributed by atoms with van der Waals surface area (Å²) in [6.07, 6.45) is -0.297. The monoisotopic (exact) mass is 465 g/mol. The number of ketones is 1. The molecular formula is C23H25Cl2NO5. The van der Waals surface area contributed by atoms with E-state index in [0.717, 1.165) is 6.92 Å². The highest BCUT2D eigenvalue weighted by molar-refractivity contribution is 6.33. The zero-order valence-corrected chi connectivity index (χ0v) is 19.0. The fraction of sp³-hybridized carbons (Fsp3) is 0.348. The molecule has 0 radical (unpaired) electrons. The molecular weight excluding hydrogens is 441 g/mol. The molecule has 0 aliphatic rings. The largest absolute Gasteiger partial charge is 0.393 e. The van der Waals surface area contributed by atoms with E-state index in [-0.39, 0.29) is 12.2 Å². The third-order valence-electron chi connectivity index (χ3n) is 4.85. The minimum absolute atomic E-state index is 0.231. The van der Waals surface area contributed by atoms with Crippen LogP contribution in [0.15, 0.2) is 42.5 Å². The second kappa shape index (κ2) is 11.3. The standard InChI is InChI=1S/C23H25Cl2NO5/c1-4-17(23(30)31-13(3)27)22(29)20(5-2)26-16-9-6-14(7-10-16)21(28)18-12-15(24)8-11-19(18)25/h6-12,17,20-21,26,28H,4-5H2,1-3H3. The van der Waals surface area contributed by atoms with E-state index in [1.165, 1.54) is 0 Å². The molecule has 3 atom stereocenters. The average molecular weight is 466 g/mol. The molecule has 2 aromatic carbocycles. The van der Waals surface area contributed by atoms with Gasteiger partial charge in [-0.1, -0.05) is 49.2 Å². The molecule has 2 N–H and O–H groups in total. The summed E-state index contributed by atoms with van der Waals surface area (Å²) in [6, 6.07) is 11.1. The molecule has 0 saturated carbocycles. The first kappa shape index (κ1) is 24.9. The van der Waals surface area contributed by atoms with Gasteiger partial charge in [-0.05, 0) is 48.7 Å². The van der Waals surface area contributed by atoms with E-state index in [0.29, 0.717) is 33.3 Å². The van der Waals surface area contributed by atoms with Crippen LogP contribution in [-0.4, -0.2) is 28.9 Å². The van der Waals surface area contributed by atoms with Crippen molar-refractivity contribution in [3.63, 3.8) is 0 Å². The highest BCUT2D eigenvalue weighted by Gasteiger charge is 2.32. The highest BCUT2D eigenvalue weighted by Crippen LogP contribution is 2.31. The average Bonchev–Trinajstić information content (AvgIpc) is 2.73. The van der Waals surface area contributed by atoms with Gasteiger partial charge in [0.1, 0.15) is 12.0 Å². The Morgan fingerprint density at radius 3 is 2.23 bits per heavy atom. The predicted octanol–water partition coefficient (Wildman–Crippen LogP) is 4.95. The first-order valence-electron chi connectivity index (χ1n) is 9.93. The van der Waals surface area contributed by atoms with Crippen molar-refractivity contribution in [2.45, 2.75) is 45.8 Å². The topological polar surface area (TPSA) is 92.7 Å². The maximum absolute atomic E-state index is 12.8. The fourth-order valence-corrected chi connectivity index (χ4v) is 3.58. The second-order valence-electron chi connectivity index (χ2n) is 7.07. The van der Waals surface area contributed by atoms with E-state index in [9.17, 15) is 19.5 Å². The van der Waals surface area contributed by atoms with Crippen LogP contribution in [0.25, 0.3) is 0 Å². The number of aliphatic hydroxyl groups is 1. The van der Waals surface area contributed by atoms with E-state index < -0.39 is 30.0 Å². The lowest BCUT2D eigenvalue weighted by atomic mass is 9.93. The van der Waals surface area contributed by atoms with Crippen LogP contribution in [0.5, 0.6) is 0 Å². The molecule has 8 heteroatoms. The van der Waals surface area contributed by atoms with Crippen molar-refractivity contribution in [2.24, 2.45) is 5.92 Å². The van der Waals surface area contributed by atoms with Crippen LogP contribution in [0.3, 0.4) is 0 Å². The number of rotatable bonds is 9. The first-order chi connectivity index (χ1) is 14.7. The number of halogens is 2. The van der Waals surface area contributed by atoms with Crippen molar-refractivity contribution >= 4 is 46.6 Å². The van der Waals surface area contributed by atoms with Crippen molar-refractivity contribution in [3.8, 4) is 0 Å². The van der Waals surface area contributed by atoms with Crippen molar-refractivity contribution < 1.29 is 24.2 Å². The van der Waals surface area contributed by atoms with Gasteiger partial charge in [-0.25, -0.2) is 0 Å². The number of ether oxygens (including phenoxy) is 1. The fourth-order valence-electron chi connectivity index (χ4n) is 3.18. The number of benzene rings is 2. The van der Waals surface area contributed by atoms with E-state index in [1.807, 2.05) is 6.92 Å². The van der Waals surface area contributed by atoms with Crippen molar-refractivity contribution in [1.82, 2.24) is 0 Å². The SMILES string of the molecule is CCC(Nc1ccc(C(O)c2cc(Cl)ccc2Cl)cc1)C(=O)C(CC)C(=O)OC(C)=O. The van der Waals surface area contributed by atoms with Crippen LogP contribution in [0.2, 0.25) is 10.0 Å². The molecule has 3 unspecified atom stereocenters. The van der Waals surface area contributed by atoms with E-state index in [2.05, 4.69) is 10.1 Å².